The molecule has 6 heteroatoms. The summed E-state index contributed by atoms with van der Waals surface area (Å²) in [6.45, 7) is 0.110. The Morgan fingerprint density at radius 2 is 1.76 bits per heavy atom. The number of amides is 1. The van der Waals surface area contributed by atoms with Crippen LogP contribution in [-0.2, 0) is 4.79 Å². The monoisotopic (exact) mass is 403 g/mol. The second-order valence-electron chi connectivity index (χ2n) is 6.39. The number of rotatable bonds is 6. The second-order valence-corrected chi connectivity index (χ2v) is 6.80. The summed E-state index contributed by atoms with van der Waals surface area (Å²) in [6.07, 6.45) is 1.45. The highest BCUT2D eigenvalue weighted by molar-refractivity contribution is 6.33. The number of fused-ring (bicyclic) bond motifs is 1. The van der Waals surface area contributed by atoms with E-state index in [1.54, 1.807) is 12.1 Å². The van der Waals surface area contributed by atoms with Crippen molar-refractivity contribution in [3.05, 3.63) is 89.6 Å². The van der Waals surface area contributed by atoms with Gasteiger partial charge in [-0.05, 0) is 47.2 Å². The largest absolute Gasteiger partial charge is 0.455 e. The number of anilines is 1. The fourth-order valence-corrected chi connectivity index (χ4v) is 3.15. The van der Waals surface area contributed by atoms with E-state index in [0.717, 1.165) is 22.0 Å². The number of benzene rings is 3. The Labute approximate surface area is 173 Å². The Morgan fingerprint density at radius 3 is 2.62 bits per heavy atom. The van der Waals surface area contributed by atoms with Crippen LogP contribution in [0.3, 0.4) is 0 Å². The van der Waals surface area contributed by atoms with Gasteiger partial charge in [0, 0.05) is 11.3 Å². The van der Waals surface area contributed by atoms with Crippen LogP contribution in [0.15, 0.2) is 88.4 Å². The summed E-state index contributed by atoms with van der Waals surface area (Å²) in [5.41, 5.74) is 4.16. The van der Waals surface area contributed by atoms with Gasteiger partial charge >= 0.3 is 0 Å². The molecule has 4 rings (SSSR count). The van der Waals surface area contributed by atoms with Gasteiger partial charge in [-0.3, -0.25) is 4.79 Å². The van der Waals surface area contributed by atoms with E-state index in [9.17, 15) is 4.79 Å². The van der Waals surface area contributed by atoms with Crippen LogP contribution in [0.25, 0.3) is 22.1 Å². The van der Waals surface area contributed by atoms with Crippen LogP contribution in [0.5, 0.6) is 0 Å². The minimum atomic E-state index is -0.257. The lowest BCUT2D eigenvalue weighted by molar-refractivity contribution is -0.119. The van der Waals surface area contributed by atoms with Gasteiger partial charge in [0.25, 0.3) is 5.91 Å². The molecule has 0 aliphatic rings. The number of hydrogen-bond donors (Lipinski definition) is 2. The summed E-state index contributed by atoms with van der Waals surface area (Å²) in [6, 6.07) is 25.0. The van der Waals surface area contributed by atoms with E-state index in [1.807, 2.05) is 66.7 Å². The number of carbonyl (C=O) groups excluding carboxylic acids is 1. The van der Waals surface area contributed by atoms with Crippen LogP contribution in [-0.4, -0.2) is 18.7 Å². The molecule has 0 radical (unpaired) electrons. The lowest BCUT2D eigenvalue weighted by Crippen LogP contribution is -2.25. The molecule has 5 nitrogen and oxygen atoms in total. The number of hydrazone groups is 1. The molecule has 0 spiro atoms. The molecule has 4 aromatic rings. The van der Waals surface area contributed by atoms with Crippen molar-refractivity contribution in [2.24, 2.45) is 5.10 Å². The van der Waals surface area contributed by atoms with Gasteiger partial charge in [-0.1, -0.05) is 54.1 Å². The summed E-state index contributed by atoms with van der Waals surface area (Å²) in [4.78, 5) is 12.0. The molecular weight excluding hydrogens is 386 g/mol. The van der Waals surface area contributed by atoms with E-state index < -0.39 is 0 Å². The Bertz CT molecular complexity index is 1180. The van der Waals surface area contributed by atoms with Crippen molar-refractivity contribution in [2.75, 3.05) is 11.9 Å². The maximum Gasteiger partial charge on any atom is 0.259 e. The van der Waals surface area contributed by atoms with Crippen molar-refractivity contribution in [3.63, 3.8) is 0 Å². The summed E-state index contributed by atoms with van der Waals surface area (Å²) in [5.74, 6) is 0.899. The first-order valence-corrected chi connectivity index (χ1v) is 9.46. The van der Waals surface area contributed by atoms with Crippen molar-refractivity contribution in [3.8, 4) is 11.3 Å². The predicted octanol–water partition coefficient (Wildman–Crippen LogP) is 5.32. The standard InChI is InChI=1S/C23H18ClN3O2/c24-21-8-4-3-7-20(21)22-12-11-19(29-22)14-26-27-23(28)15-25-18-10-9-16-5-1-2-6-17(16)13-18/h1-14,25H,15H2,(H,27,28)/b26-14-. The lowest BCUT2D eigenvalue weighted by atomic mass is 10.1. The van der Waals surface area contributed by atoms with Gasteiger partial charge in [0.1, 0.15) is 11.5 Å². The quantitative estimate of drug-likeness (QED) is 0.338. The third-order valence-corrected chi connectivity index (χ3v) is 4.68. The van der Waals surface area contributed by atoms with Gasteiger partial charge in [-0.2, -0.15) is 5.10 Å². The molecule has 0 aliphatic heterocycles. The van der Waals surface area contributed by atoms with Crippen molar-refractivity contribution in [1.82, 2.24) is 5.43 Å². The maximum absolute atomic E-state index is 12.0. The van der Waals surface area contributed by atoms with Gasteiger partial charge in [0.2, 0.25) is 0 Å². The Balaban J connectivity index is 1.31. The molecule has 1 aromatic heterocycles. The molecule has 0 unspecified atom stereocenters. The van der Waals surface area contributed by atoms with Crippen LogP contribution < -0.4 is 10.7 Å². The van der Waals surface area contributed by atoms with E-state index in [2.05, 4.69) is 15.8 Å². The molecule has 0 fully saturated rings. The first-order valence-electron chi connectivity index (χ1n) is 9.08. The van der Waals surface area contributed by atoms with Crippen molar-refractivity contribution in [2.45, 2.75) is 0 Å². The fraction of sp³-hybridized carbons (Fsp3) is 0.0435. The Morgan fingerprint density at radius 1 is 0.966 bits per heavy atom. The number of nitrogens with one attached hydrogen (secondary N) is 2. The van der Waals surface area contributed by atoms with Crippen molar-refractivity contribution >= 4 is 40.2 Å². The summed E-state index contributed by atoms with van der Waals surface area (Å²) >= 11 is 6.17. The van der Waals surface area contributed by atoms with Crippen LogP contribution in [0.1, 0.15) is 5.76 Å². The van der Waals surface area contributed by atoms with Gasteiger partial charge in [0.15, 0.2) is 0 Å². The van der Waals surface area contributed by atoms with Gasteiger partial charge in [-0.25, -0.2) is 5.43 Å². The zero-order valence-electron chi connectivity index (χ0n) is 15.4. The smallest absolute Gasteiger partial charge is 0.259 e. The molecule has 0 saturated heterocycles. The minimum absolute atomic E-state index is 0.110. The zero-order chi connectivity index (χ0) is 20.1. The summed E-state index contributed by atoms with van der Waals surface area (Å²) < 4.78 is 5.70. The molecular formula is C23H18ClN3O2. The molecule has 29 heavy (non-hydrogen) atoms. The van der Waals surface area contributed by atoms with E-state index in [-0.39, 0.29) is 12.5 Å². The molecule has 0 saturated carbocycles. The van der Waals surface area contributed by atoms with E-state index in [0.29, 0.717) is 16.5 Å². The SMILES string of the molecule is O=C(CNc1ccc2ccccc2c1)N/N=C\c1ccc(-c2ccccc2Cl)o1. The third-order valence-electron chi connectivity index (χ3n) is 4.35. The Hall–Kier alpha value is -3.57. The van der Waals surface area contributed by atoms with Crippen LogP contribution in [0, 0.1) is 0 Å². The van der Waals surface area contributed by atoms with E-state index >= 15 is 0 Å². The van der Waals surface area contributed by atoms with Gasteiger partial charge < -0.3 is 9.73 Å². The highest BCUT2D eigenvalue weighted by atomic mass is 35.5. The molecule has 144 valence electrons. The van der Waals surface area contributed by atoms with Gasteiger partial charge in [0.05, 0.1) is 17.8 Å². The molecule has 3 aromatic carbocycles. The number of hydrogen-bond acceptors (Lipinski definition) is 4. The highest BCUT2D eigenvalue weighted by Gasteiger charge is 2.07. The Kier molecular flexibility index (Phi) is 5.59. The highest BCUT2D eigenvalue weighted by Crippen LogP contribution is 2.28. The summed E-state index contributed by atoms with van der Waals surface area (Å²) in [7, 11) is 0. The average Bonchev–Trinajstić information content (AvgIpc) is 3.21. The second kappa shape index (κ2) is 8.63. The number of nitrogens with zero attached hydrogens (tertiary/aromatic N) is 1. The molecule has 0 atom stereocenters. The normalized spacial score (nSPS) is 11.1. The van der Waals surface area contributed by atoms with Crippen molar-refractivity contribution in [1.29, 1.82) is 0 Å². The lowest BCUT2D eigenvalue weighted by Gasteiger charge is -2.06. The van der Waals surface area contributed by atoms with Gasteiger partial charge in [-0.15, -0.1) is 0 Å². The molecule has 2 N–H and O–H groups in total. The summed E-state index contributed by atoms with van der Waals surface area (Å²) in [5, 5.41) is 9.91. The first-order chi connectivity index (χ1) is 14.2. The topological polar surface area (TPSA) is 66.6 Å². The van der Waals surface area contributed by atoms with E-state index in [4.69, 9.17) is 16.0 Å². The third kappa shape index (κ3) is 4.65. The average molecular weight is 404 g/mol. The number of carbonyl (C=O) groups is 1. The van der Waals surface area contributed by atoms with Crippen molar-refractivity contribution < 1.29 is 9.21 Å². The van der Waals surface area contributed by atoms with Crippen LogP contribution in [0.2, 0.25) is 5.02 Å². The molecule has 1 amide bonds. The van der Waals surface area contributed by atoms with Crippen LogP contribution >= 0.6 is 11.6 Å². The number of furan rings is 1. The first kappa shape index (κ1) is 18.8. The number of halogens is 1. The van der Waals surface area contributed by atoms with E-state index in [1.165, 1.54) is 6.21 Å². The molecule has 1 heterocycles. The molecule has 0 aliphatic carbocycles. The van der Waals surface area contributed by atoms with Crippen LogP contribution in [0.4, 0.5) is 5.69 Å². The maximum atomic E-state index is 12.0. The minimum Gasteiger partial charge on any atom is -0.455 e. The zero-order valence-corrected chi connectivity index (χ0v) is 16.2. The molecule has 0 bridgehead atoms. The fourth-order valence-electron chi connectivity index (χ4n) is 2.92. The predicted molar refractivity (Wildman–Crippen MR) is 117 cm³/mol.